The fourth-order valence-electron chi connectivity index (χ4n) is 3.06. The first kappa shape index (κ1) is 13.9. The van der Waals surface area contributed by atoms with Crippen LogP contribution in [0.15, 0.2) is 24.3 Å². The van der Waals surface area contributed by atoms with Crippen molar-refractivity contribution in [1.29, 1.82) is 5.26 Å². The van der Waals surface area contributed by atoms with E-state index in [4.69, 9.17) is 0 Å². The third-order valence-electron chi connectivity index (χ3n) is 4.44. The maximum atomic E-state index is 9.58. The second kappa shape index (κ2) is 5.65. The minimum absolute atomic E-state index is 0.362. The zero-order valence-corrected chi connectivity index (χ0v) is 12.2. The Hall–Kier alpha value is -1.49. The molecule has 2 heteroatoms. The molecule has 0 atom stereocenters. The van der Waals surface area contributed by atoms with Crippen molar-refractivity contribution >= 4 is 5.69 Å². The molecule has 1 aliphatic rings. The molecule has 1 aromatic rings. The third kappa shape index (κ3) is 3.29. The minimum atomic E-state index is -0.362. The van der Waals surface area contributed by atoms with Crippen molar-refractivity contribution in [2.24, 2.45) is 11.8 Å². The van der Waals surface area contributed by atoms with Gasteiger partial charge in [-0.3, -0.25) is 0 Å². The molecular weight excluding hydrogens is 232 g/mol. The van der Waals surface area contributed by atoms with Crippen LogP contribution in [0.5, 0.6) is 0 Å². The predicted molar refractivity (Wildman–Crippen MR) is 79.9 cm³/mol. The summed E-state index contributed by atoms with van der Waals surface area (Å²) in [6, 6.07) is 10.8. The number of benzene rings is 1. The van der Waals surface area contributed by atoms with Crippen LogP contribution in [0, 0.1) is 30.1 Å². The average Bonchev–Trinajstić information content (AvgIpc) is 2.39. The van der Waals surface area contributed by atoms with Gasteiger partial charge < -0.3 is 5.32 Å². The van der Waals surface area contributed by atoms with E-state index >= 15 is 0 Å². The van der Waals surface area contributed by atoms with Crippen LogP contribution in [0.25, 0.3) is 0 Å². The molecule has 1 N–H and O–H groups in total. The summed E-state index contributed by atoms with van der Waals surface area (Å²) in [4.78, 5) is 0. The number of anilines is 1. The summed E-state index contributed by atoms with van der Waals surface area (Å²) in [7, 11) is 0. The minimum Gasteiger partial charge on any atom is -0.367 e. The molecule has 0 saturated heterocycles. The average molecular weight is 256 g/mol. The van der Waals surface area contributed by atoms with Crippen molar-refractivity contribution in [3.63, 3.8) is 0 Å². The molecule has 0 aliphatic heterocycles. The van der Waals surface area contributed by atoms with E-state index in [1.165, 1.54) is 5.56 Å². The van der Waals surface area contributed by atoms with Gasteiger partial charge in [-0.05, 0) is 62.1 Å². The monoisotopic (exact) mass is 256 g/mol. The standard InChI is InChI=1S/C17H24N2/c1-13(2)15-7-9-17(12-18,10-8-15)19-16-6-4-5-14(3)11-16/h4-6,11,13,15,19H,7-10H2,1-3H3. The fraction of sp³-hybridized carbons (Fsp3) is 0.588. The smallest absolute Gasteiger partial charge is 0.125 e. The number of aryl methyl sites for hydroxylation is 1. The second-order valence-corrected chi connectivity index (χ2v) is 6.27. The molecule has 1 aliphatic carbocycles. The molecule has 0 heterocycles. The van der Waals surface area contributed by atoms with Gasteiger partial charge in [-0.2, -0.15) is 5.26 Å². The highest BCUT2D eigenvalue weighted by atomic mass is 15.0. The van der Waals surface area contributed by atoms with Gasteiger partial charge in [0.25, 0.3) is 0 Å². The molecule has 2 nitrogen and oxygen atoms in total. The van der Waals surface area contributed by atoms with Crippen LogP contribution < -0.4 is 5.32 Å². The lowest BCUT2D eigenvalue weighted by Gasteiger charge is -2.37. The Balaban J connectivity index is 2.07. The van der Waals surface area contributed by atoms with Crippen molar-refractivity contribution in [3.8, 4) is 6.07 Å². The third-order valence-corrected chi connectivity index (χ3v) is 4.44. The molecule has 1 aromatic carbocycles. The number of hydrogen-bond acceptors (Lipinski definition) is 2. The van der Waals surface area contributed by atoms with Crippen molar-refractivity contribution in [2.75, 3.05) is 5.32 Å². The van der Waals surface area contributed by atoms with Gasteiger partial charge in [0.1, 0.15) is 5.54 Å². The van der Waals surface area contributed by atoms with E-state index in [1.807, 2.05) is 6.07 Å². The first-order valence-corrected chi connectivity index (χ1v) is 7.31. The summed E-state index contributed by atoms with van der Waals surface area (Å²) in [5, 5.41) is 13.1. The number of hydrogen-bond donors (Lipinski definition) is 1. The first-order chi connectivity index (χ1) is 9.04. The summed E-state index contributed by atoms with van der Waals surface area (Å²) < 4.78 is 0. The first-order valence-electron chi connectivity index (χ1n) is 7.31. The highest BCUT2D eigenvalue weighted by molar-refractivity contribution is 5.49. The van der Waals surface area contributed by atoms with Crippen LogP contribution in [0.2, 0.25) is 0 Å². The Morgan fingerprint density at radius 2 is 2.00 bits per heavy atom. The lowest BCUT2D eigenvalue weighted by atomic mass is 9.73. The maximum absolute atomic E-state index is 9.58. The van der Waals surface area contributed by atoms with Gasteiger partial charge in [0, 0.05) is 5.69 Å². The summed E-state index contributed by atoms with van der Waals surface area (Å²) in [5.41, 5.74) is 1.94. The SMILES string of the molecule is Cc1cccc(NC2(C#N)CCC(C(C)C)CC2)c1. The number of nitrogens with one attached hydrogen (secondary N) is 1. The highest BCUT2D eigenvalue weighted by Gasteiger charge is 2.36. The van der Waals surface area contributed by atoms with Crippen LogP contribution >= 0.6 is 0 Å². The molecule has 0 amide bonds. The predicted octanol–water partition coefficient (Wildman–Crippen LogP) is 4.52. The van der Waals surface area contributed by atoms with Gasteiger partial charge in [-0.25, -0.2) is 0 Å². The van der Waals surface area contributed by atoms with Crippen molar-refractivity contribution in [3.05, 3.63) is 29.8 Å². The molecule has 0 bridgehead atoms. The van der Waals surface area contributed by atoms with Crippen molar-refractivity contribution < 1.29 is 0 Å². The Kier molecular flexibility index (Phi) is 4.14. The molecule has 1 fully saturated rings. The Morgan fingerprint density at radius 3 is 2.53 bits per heavy atom. The molecule has 0 aromatic heterocycles. The van der Waals surface area contributed by atoms with Gasteiger partial charge in [-0.15, -0.1) is 0 Å². The lowest BCUT2D eigenvalue weighted by Crippen LogP contribution is -2.41. The van der Waals surface area contributed by atoms with Crippen LogP contribution in [0.4, 0.5) is 5.69 Å². The summed E-state index contributed by atoms with van der Waals surface area (Å²) >= 11 is 0. The maximum Gasteiger partial charge on any atom is 0.125 e. The van der Waals surface area contributed by atoms with E-state index < -0.39 is 0 Å². The lowest BCUT2D eigenvalue weighted by molar-refractivity contribution is 0.239. The quantitative estimate of drug-likeness (QED) is 0.863. The topological polar surface area (TPSA) is 35.8 Å². The molecular formula is C17H24N2. The molecule has 0 spiro atoms. The summed E-state index contributed by atoms with van der Waals surface area (Å²) in [5.74, 6) is 1.51. The zero-order valence-electron chi connectivity index (χ0n) is 12.2. The van der Waals surface area contributed by atoms with Crippen LogP contribution in [-0.2, 0) is 0 Å². The van der Waals surface area contributed by atoms with E-state index in [1.54, 1.807) is 0 Å². The number of nitrogens with zero attached hydrogens (tertiary/aromatic N) is 1. The van der Waals surface area contributed by atoms with Gasteiger partial charge in [0.05, 0.1) is 6.07 Å². The number of nitriles is 1. The van der Waals surface area contributed by atoms with Gasteiger partial charge in [0.2, 0.25) is 0 Å². The summed E-state index contributed by atoms with van der Waals surface area (Å²) in [6.07, 6.45) is 4.23. The van der Waals surface area contributed by atoms with Gasteiger partial charge in [-0.1, -0.05) is 26.0 Å². The van der Waals surface area contributed by atoms with E-state index in [0.29, 0.717) is 0 Å². The molecule has 102 valence electrons. The van der Waals surface area contributed by atoms with E-state index in [0.717, 1.165) is 43.2 Å². The van der Waals surface area contributed by atoms with Crippen molar-refractivity contribution in [1.82, 2.24) is 0 Å². The fourth-order valence-corrected chi connectivity index (χ4v) is 3.06. The largest absolute Gasteiger partial charge is 0.367 e. The van der Waals surface area contributed by atoms with Gasteiger partial charge >= 0.3 is 0 Å². The molecule has 0 unspecified atom stereocenters. The Morgan fingerprint density at radius 1 is 1.32 bits per heavy atom. The van der Waals surface area contributed by atoms with Crippen LogP contribution in [0.1, 0.15) is 45.1 Å². The normalized spacial score (nSPS) is 27.0. The van der Waals surface area contributed by atoms with Crippen LogP contribution in [-0.4, -0.2) is 5.54 Å². The Labute approximate surface area is 116 Å². The van der Waals surface area contributed by atoms with Gasteiger partial charge in [0.15, 0.2) is 0 Å². The van der Waals surface area contributed by atoms with E-state index in [9.17, 15) is 5.26 Å². The molecule has 19 heavy (non-hydrogen) atoms. The highest BCUT2D eigenvalue weighted by Crippen LogP contribution is 2.37. The van der Waals surface area contributed by atoms with E-state index in [-0.39, 0.29) is 5.54 Å². The van der Waals surface area contributed by atoms with Crippen molar-refractivity contribution in [2.45, 2.75) is 52.0 Å². The second-order valence-electron chi connectivity index (χ2n) is 6.27. The molecule has 2 rings (SSSR count). The molecule has 0 radical (unpaired) electrons. The number of rotatable bonds is 3. The zero-order chi connectivity index (χ0) is 13.9. The molecule has 1 saturated carbocycles. The Bertz CT molecular complexity index is 462. The van der Waals surface area contributed by atoms with Crippen LogP contribution in [0.3, 0.4) is 0 Å². The summed E-state index contributed by atoms with van der Waals surface area (Å²) in [6.45, 7) is 6.66. The van der Waals surface area contributed by atoms with E-state index in [2.05, 4.69) is 50.4 Å².